The summed E-state index contributed by atoms with van der Waals surface area (Å²) < 4.78 is 7.24. The van der Waals surface area contributed by atoms with Gasteiger partial charge in [-0.1, -0.05) is 25.0 Å². The molecule has 1 aliphatic heterocycles. The Kier molecular flexibility index (Phi) is 5.88. The number of aromatic amines is 1. The van der Waals surface area contributed by atoms with Gasteiger partial charge in [0.1, 0.15) is 6.04 Å². The molecule has 2 aliphatic rings. The highest BCUT2D eigenvalue weighted by atomic mass is 16.3. The van der Waals surface area contributed by atoms with E-state index in [1.807, 2.05) is 35.9 Å². The zero-order valence-corrected chi connectivity index (χ0v) is 20.3. The third kappa shape index (κ3) is 4.11. The molecule has 4 heterocycles. The molecule has 10 heteroatoms. The van der Waals surface area contributed by atoms with Gasteiger partial charge >= 0.3 is 0 Å². The molecule has 0 bridgehead atoms. The minimum absolute atomic E-state index is 0.120. The number of tetrazole rings is 1. The van der Waals surface area contributed by atoms with E-state index in [1.165, 1.54) is 6.26 Å². The van der Waals surface area contributed by atoms with Crippen LogP contribution in [0.2, 0.25) is 0 Å². The molecule has 1 amide bonds. The number of hydrogen-bond acceptors (Lipinski definition) is 7. The van der Waals surface area contributed by atoms with E-state index in [9.17, 15) is 9.59 Å². The Labute approximate surface area is 207 Å². The number of nitrogens with one attached hydrogen (secondary N) is 1. The molecule has 1 saturated heterocycles. The van der Waals surface area contributed by atoms with Gasteiger partial charge in [0, 0.05) is 37.3 Å². The van der Waals surface area contributed by atoms with Gasteiger partial charge in [0.15, 0.2) is 11.6 Å². The third-order valence-corrected chi connectivity index (χ3v) is 7.46. The van der Waals surface area contributed by atoms with E-state index in [4.69, 9.17) is 4.42 Å². The van der Waals surface area contributed by atoms with Crippen LogP contribution in [0.5, 0.6) is 0 Å². The second-order valence-electron chi connectivity index (χ2n) is 9.77. The van der Waals surface area contributed by atoms with Gasteiger partial charge < -0.3 is 14.3 Å². The number of amides is 1. The maximum Gasteiger partial charge on any atom is 0.289 e. The van der Waals surface area contributed by atoms with E-state index in [0.29, 0.717) is 43.3 Å². The minimum atomic E-state index is -0.420. The van der Waals surface area contributed by atoms with Gasteiger partial charge in [-0.05, 0) is 65.4 Å². The number of H-pyrrole nitrogens is 1. The predicted octanol–water partition coefficient (Wildman–Crippen LogP) is 3.08. The molecule has 0 unspecified atom stereocenters. The first-order valence-electron chi connectivity index (χ1n) is 12.6. The number of carbonyl (C=O) groups is 1. The van der Waals surface area contributed by atoms with Crippen molar-refractivity contribution in [3.05, 3.63) is 75.7 Å². The van der Waals surface area contributed by atoms with Crippen molar-refractivity contribution in [1.82, 2.24) is 35.0 Å². The lowest BCUT2D eigenvalue weighted by molar-refractivity contribution is 0.0557. The molecule has 1 saturated carbocycles. The van der Waals surface area contributed by atoms with Crippen LogP contribution in [0.15, 0.2) is 51.9 Å². The second-order valence-corrected chi connectivity index (χ2v) is 9.77. The molecule has 1 N–H and O–H groups in total. The molecule has 1 aromatic carbocycles. The summed E-state index contributed by atoms with van der Waals surface area (Å²) in [6.07, 6.45) is 5.87. The van der Waals surface area contributed by atoms with Crippen LogP contribution in [0.1, 0.15) is 65.3 Å². The second kappa shape index (κ2) is 9.34. The molecule has 6 rings (SSSR count). The van der Waals surface area contributed by atoms with Gasteiger partial charge in [-0.15, -0.1) is 5.10 Å². The number of nitrogens with zero attached hydrogens (tertiary/aromatic N) is 6. The number of carbonyl (C=O) groups excluding carboxylic acids is 1. The molecule has 36 heavy (non-hydrogen) atoms. The predicted molar refractivity (Wildman–Crippen MR) is 133 cm³/mol. The van der Waals surface area contributed by atoms with Gasteiger partial charge in [-0.25, -0.2) is 4.68 Å². The normalized spacial score (nSPS) is 18.2. The fraction of sp³-hybridized carbons (Fsp3) is 0.423. The average molecular weight is 488 g/mol. The highest BCUT2D eigenvalue weighted by molar-refractivity contribution is 5.91. The molecule has 0 radical (unpaired) electrons. The van der Waals surface area contributed by atoms with Gasteiger partial charge in [0.2, 0.25) is 0 Å². The third-order valence-electron chi connectivity index (χ3n) is 7.46. The van der Waals surface area contributed by atoms with Crippen molar-refractivity contribution in [2.24, 2.45) is 0 Å². The number of fused-ring (bicyclic) bond motifs is 1. The van der Waals surface area contributed by atoms with Gasteiger partial charge in [-0.2, -0.15) is 0 Å². The Morgan fingerprint density at radius 3 is 2.67 bits per heavy atom. The van der Waals surface area contributed by atoms with E-state index in [2.05, 4.69) is 25.4 Å². The molecule has 1 aliphatic carbocycles. The summed E-state index contributed by atoms with van der Waals surface area (Å²) in [6.45, 7) is 4.21. The molecule has 3 aromatic heterocycles. The zero-order chi connectivity index (χ0) is 24.6. The Morgan fingerprint density at radius 2 is 1.92 bits per heavy atom. The molecule has 0 spiro atoms. The van der Waals surface area contributed by atoms with E-state index in [1.54, 1.807) is 17.0 Å². The van der Waals surface area contributed by atoms with Gasteiger partial charge in [0.05, 0.1) is 12.3 Å². The topological polar surface area (TPSA) is 113 Å². The number of rotatable bonds is 5. The van der Waals surface area contributed by atoms with E-state index in [0.717, 1.165) is 42.1 Å². The number of piperazine rings is 1. The van der Waals surface area contributed by atoms with Crippen LogP contribution >= 0.6 is 0 Å². The molecule has 2 fully saturated rings. The first-order chi connectivity index (χ1) is 17.6. The summed E-state index contributed by atoms with van der Waals surface area (Å²) in [4.78, 5) is 33.3. The fourth-order valence-electron chi connectivity index (χ4n) is 5.56. The van der Waals surface area contributed by atoms with Crippen molar-refractivity contribution in [1.29, 1.82) is 0 Å². The number of hydrogen-bond donors (Lipinski definition) is 1. The first-order valence-corrected chi connectivity index (χ1v) is 12.6. The Morgan fingerprint density at radius 1 is 1.11 bits per heavy atom. The smallest absolute Gasteiger partial charge is 0.289 e. The van der Waals surface area contributed by atoms with Crippen LogP contribution in [0.3, 0.4) is 0 Å². The number of pyridine rings is 1. The summed E-state index contributed by atoms with van der Waals surface area (Å²) in [6, 6.07) is 11.2. The SMILES string of the molecule is Cc1ccc2cc([C@@H](c3nnnn3C3CCCC3)N3CCN(C(=O)c4ccco4)CC3)c(=O)[nH]c2c1. The van der Waals surface area contributed by atoms with Crippen LogP contribution in [-0.2, 0) is 0 Å². The lowest BCUT2D eigenvalue weighted by Gasteiger charge is -2.38. The van der Waals surface area contributed by atoms with Gasteiger partial charge in [0.25, 0.3) is 11.5 Å². The molecule has 10 nitrogen and oxygen atoms in total. The van der Waals surface area contributed by atoms with Crippen LogP contribution in [0.25, 0.3) is 10.9 Å². The maximum absolute atomic E-state index is 13.4. The highest BCUT2D eigenvalue weighted by Gasteiger charge is 2.35. The lowest BCUT2D eigenvalue weighted by atomic mass is 10.0. The lowest BCUT2D eigenvalue weighted by Crippen LogP contribution is -2.50. The first kappa shape index (κ1) is 22.7. The molecule has 4 aromatic rings. The Hall–Kier alpha value is -3.79. The molecular weight excluding hydrogens is 458 g/mol. The van der Waals surface area contributed by atoms with Crippen molar-refractivity contribution in [3.8, 4) is 0 Å². The van der Waals surface area contributed by atoms with E-state index >= 15 is 0 Å². The largest absolute Gasteiger partial charge is 0.459 e. The van der Waals surface area contributed by atoms with Crippen LogP contribution in [-0.4, -0.2) is 67.1 Å². The van der Waals surface area contributed by atoms with Crippen LogP contribution < -0.4 is 5.56 Å². The molecular formula is C26H29N7O3. The minimum Gasteiger partial charge on any atom is -0.459 e. The Bertz CT molecular complexity index is 1430. The Balaban J connectivity index is 1.37. The molecule has 1 atom stereocenters. The van der Waals surface area contributed by atoms with Crippen molar-refractivity contribution in [3.63, 3.8) is 0 Å². The fourth-order valence-corrected chi connectivity index (χ4v) is 5.56. The van der Waals surface area contributed by atoms with E-state index < -0.39 is 6.04 Å². The standard InChI is InChI=1S/C26H29N7O3/c1-17-8-9-18-16-20(25(34)27-21(18)15-17)23(24-28-29-30-33(24)19-5-2-3-6-19)31-10-12-32(13-11-31)26(35)22-7-4-14-36-22/h4,7-9,14-16,19,23H,2-3,5-6,10-13H2,1H3,(H,27,34)/t23-/m0/s1. The monoisotopic (exact) mass is 487 g/mol. The van der Waals surface area contributed by atoms with Crippen molar-refractivity contribution < 1.29 is 9.21 Å². The van der Waals surface area contributed by atoms with Crippen LogP contribution in [0, 0.1) is 6.92 Å². The summed E-state index contributed by atoms with van der Waals surface area (Å²) in [7, 11) is 0. The summed E-state index contributed by atoms with van der Waals surface area (Å²) in [5, 5.41) is 13.8. The number of aryl methyl sites for hydroxylation is 1. The number of aromatic nitrogens is 5. The maximum atomic E-state index is 13.4. The quantitative estimate of drug-likeness (QED) is 0.460. The number of furan rings is 1. The van der Waals surface area contributed by atoms with Crippen molar-refractivity contribution in [2.45, 2.75) is 44.7 Å². The van der Waals surface area contributed by atoms with E-state index in [-0.39, 0.29) is 17.5 Å². The highest BCUT2D eigenvalue weighted by Crippen LogP contribution is 2.34. The number of benzene rings is 1. The van der Waals surface area contributed by atoms with Crippen molar-refractivity contribution in [2.75, 3.05) is 26.2 Å². The summed E-state index contributed by atoms with van der Waals surface area (Å²) >= 11 is 0. The van der Waals surface area contributed by atoms with Gasteiger partial charge in [-0.3, -0.25) is 14.5 Å². The summed E-state index contributed by atoms with van der Waals surface area (Å²) in [5.41, 5.74) is 2.37. The van der Waals surface area contributed by atoms with Crippen molar-refractivity contribution >= 4 is 16.8 Å². The zero-order valence-electron chi connectivity index (χ0n) is 20.3. The summed E-state index contributed by atoms with van der Waals surface area (Å²) in [5.74, 6) is 0.905. The average Bonchev–Trinajstić information content (AvgIpc) is 3.67. The molecule has 186 valence electrons. The van der Waals surface area contributed by atoms with Crippen LogP contribution in [0.4, 0.5) is 0 Å².